The number of Topliss-reactive ketones (excluding diaryl/α,β-unsaturated/α-hetero) is 1. The Labute approximate surface area is 185 Å². The van der Waals surface area contributed by atoms with Gasteiger partial charge in [0.2, 0.25) is 0 Å². The molecule has 3 heterocycles. The topological polar surface area (TPSA) is 92.6 Å². The van der Waals surface area contributed by atoms with Crippen LogP contribution >= 0.6 is 23.9 Å². The highest BCUT2D eigenvalue weighted by Crippen LogP contribution is 2.52. The van der Waals surface area contributed by atoms with Gasteiger partial charge in [0, 0.05) is 31.1 Å². The van der Waals surface area contributed by atoms with E-state index < -0.39 is 6.10 Å². The molecule has 0 spiro atoms. The lowest BCUT2D eigenvalue weighted by Crippen LogP contribution is -2.31. The third-order valence-corrected chi connectivity index (χ3v) is 7.34. The normalized spacial score (nSPS) is 25.3. The molecule has 1 aliphatic carbocycles. The van der Waals surface area contributed by atoms with Crippen LogP contribution in [-0.4, -0.2) is 50.8 Å². The highest BCUT2D eigenvalue weighted by atomic mass is 35.5. The van der Waals surface area contributed by atoms with Crippen molar-refractivity contribution in [3.63, 3.8) is 0 Å². The van der Waals surface area contributed by atoms with Crippen LogP contribution in [0.15, 0.2) is 12.1 Å². The van der Waals surface area contributed by atoms with Crippen LogP contribution in [0.5, 0.6) is 0 Å². The number of nitrogens with zero attached hydrogens (tertiary/aromatic N) is 3. The third-order valence-electron chi connectivity index (χ3n) is 6.53. The molecule has 3 aliphatic rings. The number of benzene rings is 1. The lowest BCUT2D eigenvalue weighted by Gasteiger charge is -2.24. The van der Waals surface area contributed by atoms with Crippen LogP contribution < -0.4 is 0 Å². The number of rotatable bonds is 6. The maximum atomic E-state index is 12.6. The van der Waals surface area contributed by atoms with Gasteiger partial charge in [-0.3, -0.25) is 9.69 Å². The molecule has 0 amide bonds. The van der Waals surface area contributed by atoms with E-state index in [9.17, 15) is 14.7 Å². The summed E-state index contributed by atoms with van der Waals surface area (Å²) in [5.41, 5.74) is 3.27. The van der Waals surface area contributed by atoms with Crippen LogP contribution in [0.3, 0.4) is 0 Å². The number of hydrogen-bond acceptors (Lipinski definition) is 8. The van der Waals surface area contributed by atoms with E-state index in [1.807, 2.05) is 19.9 Å². The summed E-state index contributed by atoms with van der Waals surface area (Å²) in [6, 6.07) is 3.58. The number of aryl methyl sites for hydroxylation is 1. The molecule has 2 aliphatic heterocycles. The number of halogens is 1. The molecule has 30 heavy (non-hydrogen) atoms. The molecule has 1 aromatic carbocycles. The third kappa shape index (κ3) is 3.66. The second-order valence-electron chi connectivity index (χ2n) is 8.35. The minimum atomic E-state index is -0.618. The maximum absolute atomic E-state index is 12.6. The summed E-state index contributed by atoms with van der Waals surface area (Å²) in [5, 5.41) is 11.6. The molecule has 1 aromatic heterocycles. The van der Waals surface area contributed by atoms with Gasteiger partial charge in [0.1, 0.15) is 23.2 Å². The summed E-state index contributed by atoms with van der Waals surface area (Å²) in [6.45, 7) is 6.29. The molecule has 3 atom stereocenters. The van der Waals surface area contributed by atoms with E-state index in [1.165, 1.54) is 11.5 Å². The van der Waals surface area contributed by atoms with Gasteiger partial charge in [-0.2, -0.15) is 4.37 Å². The van der Waals surface area contributed by atoms with Crippen LogP contribution in [-0.2, 0) is 22.6 Å². The Balaban J connectivity index is 0.00000218. The fraction of sp³-hybridized carbons (Fsp3) is 0.524. The van der Waals surface area contributed by atoms with Crippen molar-refractivity contribution in [1.82, 2.24) is 14.3 Å². The zero-order valence-corrected chi connectivity index (χ0v) is 18.5. The van der Waals surface area contributed by atoms with Gasteiger partial charge in [0.15, 0.2) is 0 Å². The summed E-state index contributed by atoms with van der Waals surface area (Å²) in [4.78, 5) is 30.8. The Kier molecular flexibility index (Phi) is 5.69. The minimum Gasteiger partial charge on any atom is -0.457 e. The standard InChI is InChI=1S/C21H23N3O4S.ClH/c1-10-12(3-4-13-16(10)9-28-21(13)27)18(26)8-24-6-14-15(7-24)20(14)17(25)5-19-22-11(2)23-29-19;/h3-4,14-15,18,20,26H,5-9H2,1-2H3;1H/t14?,15?,18-,20?;/m0./s1. The Bertz CT molecular complexity index is 998. The summed E-state index contributed by atoms with van der Waals surface area (Å²) >= 11 is 1.31. The van der Waals surface area contributed by atoms with Crippen LogP contribution in [0.2, 0.25) is 0 Å². The van der Waals surface area contributed by atoms with Gasteiger partial charge in [-0.05, 0) is 54.4 Å². The highest BCUT2D eigenvalue weighted by Gasteiger charge is 2.58. The number of hydrogen-bond donors (Lipinski definition) is 1. The highest BCUT2D eigenvalue weighted by molar-refractivity contribution is 7.05. The van der Waals surface area contributed by atoms with Gasteiger partial charge in [0.25, 0.3) is 0 Å². The molecule has 5 rings (SSSR count). The molecule has 160 valence electrons. The van der Waals surface area contributed by atoms with E-state index >= 15 is 0 Å². The van der Waals surface area contributed by atoms with Crippen molar-refractivity contribution in [2.45, 2.75) is 33.0 Å². The van der Waals surface area contributed by atoms with Crippen molar-refractivity contribution >= 4 is 35.7 Å². The number of ketones is 1. The van der Waals surface area contributed by atoms with Crippen molar-refractivity contribution in [2.75, 3.05) is 19.6 Å². The number of aliphatic hydroxyl groups excluding tert-OH is 1. The molecule has 2 fully saturated rings. The number of cyclic esters (lactones) is 1. The second-order valence-corrected chi connectivity index (χ2v) is 9.18. The van der Waals surface area contributed by atoms with E-state index in [0.29, 0.717) is 30.4 Å². The zero-order valence-electron chi connectivity index (χ0n) is 16.8. The van der Waals surface area contributed by atoms with Crippen LogP contribution in [0.1, 0.15) is 44.0 Å². The van der Waals surface area contributed by atoms with Gasteiger partial charge in [0.05, 0.1) is 18.1 Å². The Morgan fingerprint density at radius 1 is 1.33 bits per heavy atom. The number of ether oxygens (including phenoxy) is 1. The van der Waals surface area contributed by atoms with Gasteiger partial charge in [-0.15, -0.1) is 12.4 Å². The van der Waals surface area contributed by atoms with E-state index in [1.54, 1.807) is 6.07 Å². The molecule has 9 heteroatoms. The van der Waals surface area contributed by atoms with E-state index in [-0.39, 0.29) is 36.7 Å². The van der Waals surface area contributed by atoms with Crippen molar-refractivity contribution in [1.29, 1.82) is 0 Å². The van der Waals surface area contributed by atoms with Crippen LogP contribution in [0, 0.1) is 31.6 Å². The average molecular weight is 450 g/mol. The Hall–Kier alpha value is -1.87. The minimum absolute atomic E-state index is 0. The number of aromatic nitrogens is 2. The molecule has 1 N–H and O–H groups in total. The number of likely N-dealkylation sites (tertiary alicyclic amines) is 1. The molecule has 1 saturated carbocycles. The van der Waals surface area contributed by atoms with Gasteiger partial charge in [-0.25, -0.2) is 9.78 Å². The van der Waals surface area contributed by atoms with Gasteiger partial charge in [-0.1, -0.05) is 6.07 Å². The molecular formula is C21H24ClN3O4S. The first-order chi connectivity index (χ1) is 13.9. The summed E-state index contributed by atoms with van der Waals surface area (Å²) in [7, 11) is 0. The summed E-state index contributed by atoms with van der Waals surface area (Å²) in [6.07, 6.45) is -0.229. The first-order valence-corrected chi connectivity index (χ1v) is 10.7. The fourth-order valence-corrected chi connectivity index (χ4v) is 5.65. The van der Waals surface area contributed by atoms with Crippen molar-refractivity contribution in [3.8, 4) is 0 Å². The number of esters is 1. The number of carbonyl (C=O) groups is 2. The first kappa shape index (κ1) is 21.4. The molecule has 2 aromatic rings. The SMILES string of the molecule is Cc1nsc(CC(=O)C2C3CN(C[C@H](O)c4ccc5c(c4C)COC5=O)CC32)n1.Cl. The smallest absolute Gasteiger partial charge is 0.338 e. The van der Waals surface area contributed by atoms with Gasteiger partial charge < -0.3 is 9.84 Å². The predicted octanol–water partition coefficient (Wildman–Crippen LogP) is 2.27. The lowest BCUT2D eigenvalue weighted by atomic mass is 9.95. The number of piperidine rings is 1. The quantitative estimate of drug-likeness (QED) is 0.676. The van der Waals surface area contributed by atoms with E-state index in [4.69, 9.17) is 4.74 Å². The molecule has 0 bridgehead atoms. The predicted molar refractivity (Wildman–Crippen MR) is 113 cm³/mol. The monoisotopic (exact) mass is 449 g/mol. The summed E-state index contributed by atoms with van der Waals surface area (Å²) in [5.74, 6) is 1.65. The Morgan fingerprint density at radius 3 is 2.73 bits per heavy atom. The van der Waals surface area contributed by atoms with Crippen molar-refractivity contribution in [2.24, 2.45) is 17.8 Å². The lowest BCUT2D eigenvalue weighted by molar-refractivity contribution is -0.120. The molecule has 2 unspecified atom stereocenters. The average Bonchev–Trinajstić information content (AvgIpc) is 3.01. The molecule has 7 nitrogen and oxygen atoms in total. The van der Waals surface area contributed by atoms with Crippen LogP contribution in [0.4, 0.5) is 0 Å². The largest absolute Gasteiger partial charge is 0.457 e. The van der Waals surface area contributed by atoms with Crippen LogP contribution in [0.25, 0.3) is 0 Å². The van der Waals surface area contributed by atoms with E-state index in [2.05, 4.69) is 14.3 Å². The van der Waals surface area contributed by atoms with Crippen molar-refractivity contribution < 1.29 is 19.4 Å². The molecule has 0 radical (unpaired) electrons. The summed E-state index contributed by atoms with van der Waals surface area (Å²) < 4.78 is 9.24. The number of carbonyl (C=O) groups excluding carboxylic acids is 2. The number of β-amino-alcohol motifs (C(OH)–C–C–N with tert-alkyl or cyclic N) is 1. The van der Waals surface area contributed by atoms with Gasteiger partial charge >= 0.3 is 5.97 Å². The maximum Gasteiger partial charge on any atom is 0.338 e. The number of fused-ring (bicyclic) bond motifs is 2. The molecular weight excluding hydrogens is 426 g/mol. The van der Waals surface area contributed by atoms with Crippen molar-refractivity contribution in [3.05, 3.63) is 45.2 Å². The Morgan fingerprint density at radius 2 is 2.07 bits per heavy atom. The second kappa shape index (κ2) is 8.00. The molecule has 1 saturated heterocycles. The number of aliphatic hydroxyl groups is 1. The fourth-order valence-electron chi connectivity index (χ4n) is 4.99. The van der Waals surface area contributed by atoms with E-state index in [0.717, 1.165) is 40.6 Å². The first-order valence-electron chi connectivity index (χ1n) is 9.94. The zero-order chi connectivity index (χ0) is 20.3.